The van der Waals surface area contributed by atoms with Gasteiger partial charge in [0.05, 0.1) is 5.54 Å². The lowest BCUT2D eigenvalue weighted by molar-refractivity contribution is -0.118. The number of carbonyl (C=O) groups excluding carboxylic acids is 1. The molecule has 0 aromatic heterocycles. The molecule has 1 atom stereocenters. The Morgan fingerprint density at radius 3 is 2.50 bits per heavy atom. The molecule has 16 heavy (non-hydrogen) atoms. The average Bonchev–Trinajstić information content (AvgIpc) is 2.29. The fraction of sp³-hybridized carbons (Fsp3) is 0.308. The fourth-order valence-electron chi connectivity index (χ4n) is 1.51. The Morgan fingerprint density at radius 2 is 2.06 bits per heavy atom. The Kier molecular flexibility index (Phi) is 4.13. The van der Waals surface area contributed by atoms with E-state index in [2.05, 4.69) is 11.9 Å². The molecule has 0 spiro atoms. The van der Waals surface area contributed by atoms with E-state index in [4.69, 9.17) is 11.6 Å². The van der Waals surface area contributed by atoms with Crippen LogP contribution in [0.1, 0.15) is 25.8 Å². The molecule has 2 nitrogen and oxygen atoms in total. The molecule has 1 rings (SSSR count). The van der Waals surface area contributed by atoms with E-state index in [1.54, 1.807) is 0 Å². The Hall–Kier alpha value is -1.28. The number of hydrogen-bond acceptors (Lipinski definition) is 1. The van der Waals surface area contributed by atoms with Crippen LogP contribution in [0.15, 0.2) is 36.9 Å². The van der Waals surface area contributed by atoms with Crippen molar-refractivity contribution < 1.29 is 4.79 Å². The van der Waals surface area contributed by atoms with Crippen molar-refractivity contribution in [3.63, 3.8) is 0 Å². The quantitative estimate of drug-likeness (QED) is 0.801. The molecule has 1 N–H and O–H groups in total. The highest BCUT2D eigenvalue weighted by atomic mass is 35.5. The Morgan fingerprint density at radius 1 is 1.50 bits per heavy atom. The molecule has 0 aliphatic rings. The summed E-state index contributed by atoms with van der Waals surface area (Å²) in [6.07, 6.45) is 2.08. The first-order valence-corrected chi connectivity index (χ1v) is 5.60. The molecular formula is C13H16ClNO. The van der Waals surface area contributed by atoms with Crippen LogP contribution < -0.4 is 5.32 Å². The SMILES string of the molecule is C=CC(=O)NC(C)(CC)c1ccc(Cl)cc1. The topological polar surface area (TPSA) is 29.1 Å². The lowest BCUT2D eigenvalue weighted by Crippen LogP contribution is -2.42. The van der Waals surface area contributed by atoms with Gasteiger partial charge in [-0.1, -0.05) is 37.2 Å². The Labute approximate surface area is 101 Å². The van der Waals surface area contributed by atoms with Crippen LogP contribution in [0.25, 0.3) is 0 Å². The maximum absolute atomic E-state index is 11.4. The van der Waals surface area contributed by atoms with E-state index in [0.717, 1.165) is 12.0 Å². The Bertz CT molecular complexity index is 385. The van der Waals surface area contributed by atoms with Crippen LogP contribution in [0.5, 0.6) is 0 Å². The van der Waals surface area contributed by atoms with Crippen LogP contribution in [0.3, 0.4) is 0 Å². The van der Waals surface area contributed by atoms with Crippen LogP contribution in [-0.4, -0.2) is 5.91 Å². The predicted molar refractivity (Wildman–Crippen MR) is 67.4 cm³/mol. The molecule has 0 aliphatic heterocycles. The van der Waals surface area contributed by atoms with E-state index >= 15 is 0 Å². The zero-order valence-electron chi connectivity index (χ0n) is 9.59. The summed E-state index contributed by atoms with van der Waals surface area (Å²) in [4.78, 5) is 11.4. The van der Waals surface area contributed by atoms with Gasteiger partial charge in [-0.05, 0) is 37.1 Å². The minimum Gasteiger partial charge on any atom is -0.343 e. The van der Waals surface area contributed by atoms with Crippen molar-refractivity contribution in [2.45, 2.75) is 25.8 Å². The summed E-state index contributed by atoms with van der Waals surface area (Å²) >= 11 is 5.83. The minimum atomic E-state index is -0.379. The molecule has 1 aromatic rings. The molecule has 1 unspecified atom stereocenters. The molecule has 0 aliphatic carbocycles. The van der Waals surface area contributed by atoms with E-state index in [1.807, 2.05) is 38.1 Å². The molecule has 0 heterocycles. The number of halogens is 1. The molecule has 0 fully saturated rings. The van der Waals surface area contributed by atoms with Gasteiger partial charge in [-0.3, -0.25) is 4.79 Å². The summed E-state index contributed by atoms with van der Waals surface area (Å²) in [6.45, 7) is 7.46. The number of hydrogen-bond donors (Lipinski definition) is 1. The van der Waals surface area contributed by atoms with E-state index in [9.17, 15) is 4.79 Å². The first-order chi connectivity index (χ1) is 7.51. The first kappa shape index (κ1) is 12.8. The third-order valence-electron chi connectivity index (χ3n) is 2.77. The van der Waals surface area contributed by atoms with Crippen molar-refractivity contribution in [3.8, 4) is 0 Å². The first-order valence-electron chi connectivity index (χ1n) is 5.22. The zero-order valence-corrected chi connectivity index (χ0v) is 10.3. The molecule has 0 saturated carbocycles. The monoisotopic (exact) mass is 237 g/mol. The van der Waals surface area contributed by atoms with Gasteiger partial charge in [0.25, 0.3) is 0 Å². The number of benzene rings is 1. The number of rotatable bonds is 4. The number of carbonyl (C=O) groups is 1. The Balaban J connectivity index is 2.99. The minimum absolute atomic E-state index is 0.167. The highest BCUT2D eigenvalue weighted by Gasteiger charge is 2.25. The summed E-state index contributed by atoms with van der Waals surface area (Å²) in [5.41, 5.74) is 0.658. The summed E-state index contributed by atoms with van der Waals surface area (Å²) in [5.74, 6) is -0.167. The van der Waals surface area contributed by atoms with Crippen LogP contribution in [0.2, 0.25) is 5.02 Å². The van der Waals surface area contributed by atoms with Gasteiger partial charge in [-0.25, -0.2) is 0 Å². The fourth-order valence-corrected chi connectivity index (χ4v) is 1.63. The van der Waals surface area contributed by atoms with Gasteiger partial charge in [0.1, 0.15) is 0 Å². The van der Waals surface area contributed by atoms with Crippen molar-refractivity contribution in [3.05, 3.63) is 47.5 Å². The van der Waals surface area contributed by atoms with Gasteiger partial charge >= 0.3 is 0 Å². The summed E-state index contributed by atoms with van der Waals surface area (Å²) in [5, 5.41) is 3.62. The molecule has 0 bridgehead atoms. The van der Waals surface area contributed by atoms with Crippen LogP contribution in [-0.2, 0) is 10.3 Å². The summed E-state index contributed by atoms with van der Waals surface area (Å²) < 4.78 is 0. The third kappa shape index (κ3) is 2.86. The van der Waals surface area contributed by atoms with Gasteiger partial charge in [0.2, 0.25) is 5.91 Å². The molecule has 1 aromatic carbocycles. The average molecular weight is 238 g/mol. The van der Waals surface area contributed by atoms with Crippen LogP contribution >= 0.6 is 11.6 Å². The van der Waals surface area contributed by atoms with Gasteiger partial charge in [0.15, 0.2) is 0 Å². The second-order valence-corrected chi connectivity index (χ2v) is 4.32. The molecule has 0 saturated heterocycles. The lowest BCUT2D eigenvalue weighted by Gasteiger charge is -2.29. The highest BCUT2D eigenvalue weighted by molar-refractivity contribution is 6.30. The number of amides is 1. The predicted octanol–water partition coefficient (Wildman–Crippen LogP) is 3.27. The van der Waals surface area contributed by atoms with Crippen molar-refractivity contribution in [1.29, 1.82) is 0 Å². The van der Waals surface area contributed by atoms with E-state index < -0.39 is 0 Å². The molecule has 3 heteroatoms. The standard InChI is InChI=1S/C13H16ClNO/c1-4-12(16)15-13(3,5-2)10-6-8-11(14)9-7-10/h4,6-9H,1,5H2,2-3H3,(H,15,16). The van der Waals surface area contributed by atoms with Crippen molar-refractivity contribution >= 4 is 17.5 Å². The maximum atomic E-state index is 11.4. The van der Waals surface area contributed by atoms with Crippen LogP contribution in [0.4, 0.5) is 0 Å². The van der Waals surface area contributed by atoms with Gasteiger partial charge in [0, 0.05) is 5.02 Å². The van der Waals surface area contributed by atoms with E-state index in [0.29, 0.717) is 5.02 Å². The molecule has 86 valence electrons. The zero-order chi connectivity index (χ0) is 12.2. The second kappa shape index (κ2) is 5.17. The largest absolute Gasteiger partial charge is 0.343 e. The number of nitrogens with one attached hydrogen (secondary N) is 1. The third-order valence-corrected chi connectivity index (χ3v) is 3.02. The normalized spacial score (nSPS) is 13.9. The maximum Gasteiger partial charge on any atom is 0.244 e. The smallest absolute Gasteiger partial charge is 0.244 e. The lowest BCUT2D eigenvalue weighted by atomic mass is 9.89. The molecule has 0 radical (unpaired) electrons. The van der Waals surface area contributed by atoms with Crippen LogP contribution in [0, 0.1) is 0 Å². The summed E-state index contributed by atoms with van der Waals surface area (Å²) in [6, 6.07) is 7.50. The van der Waals surface area contributed by atoms with Crippen molar-refractivity contribution in [2.24, 2.45) is 0 Å². The summed E-state index contributed by atoms with van der Waals surface area (Å²) in [7, 11) is 0. The van der Waals surface area contributed by atoms with Gasteiger partial charge in [-0.15, -0.1) is 0 Å². The second-order valence-electron chi connectivity index (χ2n) is 3.89. The van der Waals surface area contributed by atoms with E-state index in [1.165, 1.54) is 6.08 Å². The highest BCUT2D eigenvalue weighted by Crippen LogP contribution is 2.25. The van der Waals surface area contributed by atoms with Crippen molar-refractivity contribution in [1.82, 2.24) is 5.32 Å². The van der Waals surface area contributed by atoms with E-state index in [-0.39, 0.29) is 11.4 Å². The molecular weight excluding hydrogens is 222 g/mol. The van der Waals surface area contributed by atoms with Crippen molar-refractivity contribution in [2.75, 3.05) is 0 Å². The van der Waals surface area contributed by atoms with Gasteiger partial charge < -0.3 is 5.32 Å². The van der Waals surface area contributed by atoms with Gasteiger partial charge in [-0.2, -0.15) is 0 Å². The molecule has 1 amide bonds.